The highest BCUT2D eigenvalue weighted by molar-refractivity contribution is 5.85. The minimum absolute atomic E-state index is 0.0569. The van der Waals surface area contributed by atoms with Gasteiger partial charge in [-0.2, -0.15) is 5.10 Å². The third-order valence-electron chi connectivity index (χ3n) is 3.08. The number of nitrogens with two attached hydrogens (primary N) is 1. The molecule has 2 N–H and O–H groups in total. The van der Waals surface area contributed by atoms with E-state index in [4.69, 9.17) is 10.5 Å². The fourth-order valence-corrected chi connectivity index (χ4v) is 2.05. The van der Waals surface area contributed by atoms with E-state index in [9.17, 15) is 4.79 Å². The van der Waals surface area contributed by atoms with Gasteiger partial charge in [0.1, 0.15) is 12.4 Å². The van der Waals surface area contributed by atoms with E-state index in [0.717, 1.165) is 5.39 Å². The Morgan fingerprint density at radius 1 is 1.47 bits per heavy atom. The lowest BCUT2D eigenvalue weighted by molar-refractivity contribution is -0.143. The van der Waals surface area contributed by atoms with E-state index in [0.29, 0.717) is 37.0 Å². The highest BCUT2D eigenvalue weighted by Gasteiger charge is 2.20. The Kier molecular flexibility index (Phi) is 2.79. The van der Waals surface area contributed by atoms with Crippen LogP contribution in [0.25, 0.3) is 11.0 Å². The summed E-state index contributed by atoms with van der Waals surface area (Å²) in [6.45, 7) is 1.54. The van der Waals surface area contributed by atoms with E-state index >= 15 is 0 Å². The second-order valence-electron chi connectivity index (χ2n) is 4.40. The number of hydrogen-bond acceptors (Lipinski definition) is 6. The normalized spacial score (nSPS) is 16.3. The Balaban J connectivity index is 1.92. The van der Waals surface area contributed by atoms with Gasteiger partial charge in [-0.05, 0) is 0 Å². The maximum atomic E-state index is 11.7. The van der Waals surface area contributed by atoms with Crippen molar-refractivity contribution in [2.24, 2.45) is 7.05 Å². The molecule has 100 valence electrons. The van der Waals surface area contributed by atoms with Crippen molar-refractivity contribution in [3.05, 3.63) is 12.0 Å². The van der Waals surface area contributed by atoms with Gasteiger partial charge in [-0.1, -0.05) is 0 Å². The Bertz CT molecular complexity index is 637. The molecule has 19 heavy (non-hydrogen) atoms. The molecule has 8 nitrogen and oxygen atoms in total. The topological polar surface area (TPSA) is 99.2 Å². The van der Waals surface area contributed by atoms with Crippen LogP contribution in [0, 0.1) is 0 Å². The number of rotatable bonds is 2. The number of fused-ring (bicyclic) bond motifs is 1. The summed E-state index contributed by atoms with van der Waals surface area (Å²) in [5, 5.41) is 4.81. The molecule has 1 saturated heterocycles. The second-order valence-corrected chi connectivity index (χ2v) is 4.40. The van der Waals surface area contributed by atoms with Crippen LogP contribution in [0.15, 0.2) is 6.20 Å². The van der Waals surface area contributed by atoms with Gasteiger partial charge >= 0.3 is 0 Å². The number of aromatic nitrogens is 4. The largest absolute Gasteiger partial charge is 0.383 e. The van der Waals surface area contributed by atoms with Gasteiger partial charge in [0.25, 0.3) is 0 Å². The molecule has 0 aliphatic carbocycles. The molecule has 0 radical (unpaired) electrons. The van der Waals surface area contributed by atoms with Crippen LogP contribution in [0.5, 0.6) is 0 Å². The molecular weight excluding hydrogens is 248 g/mol. The zero-order valence-electron chi connectivity index (χ0n) is 10.5. The maximum absolute atomic E-state index is 11.7. The minimum atomic E-state index is -0.0569. The zero-order chi connectivity index (χ0) is 13.4. The summed E-state index contributed by atoms with van der Waals surface area (Å²) < 4.78 is 6.72. The summed E-state index contributed by atoms with van der Waals surface area (Å²) >= 11 is 0. The first-order valence-corrected chi connectivity index (χ1v) is 5.95. The van der Waals surface area contributed by atoms with Crippen molar-refractivity contribution in [2.75, 3.05) is 25.5 Å². The Morgan fingerprint density at radius 2 is 2.32 bits per heavy atom. The fourth-order valence-electron chi connectivity index (χ4n) is 2.05. The van der Waals surface area contributed by atoms with Crippen molar-refractivity contribution in [1.82, 2.24) is 24.6 Å². The number of morpholine rings is 1. The van der Waals surface area contributed by atoms with Crippen molar-refractivity contribution in [2.45, 2.75) is 6.54 Å². The molecule has 3 rings (SSSR count). The van der Waals surface area contributed by atoms with Crippen LogP contribution in [-0.2, 0) is 23.1 Å². The summed E-state index contributed by atoms with van der Waals surface area (Å²) in [7, 11) is 1.79. The van der Waals surface area contributed by atoms with Gasteiger partial charge in [-0.15, -0.1) is 0 Å². The first kappa shape index (κ1) is 11.8. The van der Waals surface area contributed by atoms with E-state index in [1.807, 2.05) is 0 Å². The molecule has 1 amide bonds. The molecule has 0 spiro atoms. The van der Waals surface area contributed by atoms with Crippen LogP contribution < -0.4 is 5.73 Å². The summed E-state index contributed by atoms with van der Waals surface area (Å²) in [4.78, 5) is 21.9. The highest BCUT2D eigenvalue weighted by Crippen LogP contribution is 2.17. The number of carbonyl (C=O) groups excluding carboxylic acids is 1. The number of nitrogens with zero attached hydrogens (tertiary/aromatic N) is 5. The highest BCUT2D eigenvalue weighted by atomic mass is 16.5. The molecule has 0 unspecified atom stereocenters. The molecule has 0 aromatic carbocycles. The summed E-state index contributed by atoms with van der Waals surface area (Å²) in [5.41, 5.74) is 6.55. The van der Waals surface area contributed by atoms with Gasteiger partial charge < -0.3 is 15.4 Å². The van der Waals surface area contributed by atoms with E-state index < -0.39 is 0 Å². The van der Waals surface area contributed by atoms with Crippen molar-refractivity contribution < 1.29 is 9.53 Å². The van der Waals surface area contributed by atoms with Gasteiger partial charge in [0, 0.05) is 13.6 Å². The number of amides is 1. The average Bonchev–Trinajstić information content (AvgIpc) is 2.75. The molecule has 2 aromatic heterocycles. The molecule has 1 aliphatic rings. The quantitative estimate of drug-likeness (QED) is 0.768. The third kappa shape index (κ3) is 2.10. The van der Waals surface area contributed by atoms with Gasteiger partial charge in [0.15, 0.2) is 11.5 Å². The predicted molar refractivity (Wildman–Crippen MR) is 67.0 cm³/mol. The van der Waals surface area contributed by atoms with Gasteiger partial charge in [0.2, 0.25) is 5.91 Å². The fraction of sp³-hybridized carbons (Fsp3) is 0.455. The summed E-state index contributed by atoms with van der Waals surface area (Å²) in [6, 6.07) is 0. The van der Waals surface area contributed by atoms with Crippen LogP contribution >= 0.6 is 0 Å². The van der Waals surface area contributed by atoms with E-state index in [1.54, 1.807) is 22.8 Å². The van der Waals surface area contributed by atoms with Crippen LogP contribution in [0.3, 0.4) is 0 Å². The molecule has 0 saturated carbocycles. The Hall–Kier alpha value is -2.22. The van der Waals surface area contributed by atoms with Crippen LogP contribution in [-0.4, -0.2) is 50.3 Å². The standard InChI is InChI=1S/C11H14N6O2/c1-16-11-7(4-13-16)10(12)14-8(15-11)5-17-2-3-19-6-9(17)18/h4H,2-3,5-6H2,1H3,(H2,12,14,15). The van der Waals surface area contributed by atoms with Gasteiger partial charge in [-0.25, -0.2) is 9.97 Å². The first-order chi connectivity index (χ1) is 9.15. The third-order valence-corrected chi connectivity index (χ3v) is 3.08. The molecule has 8 heteroatoms. The second kappa shape index (κ2) is 4.47. The number of aryl methyl sites for hydroxylation is 1. The molecule has 2 aromatic rings. The van der Waals surface area contributed by atoms with Crippen molar-refractivity contribution >= 4 is 22.8 Å². The molecule has 0 atom stereocenters. The number of nitrogen functional groups attached to an aromatic ring is 1. The molecule has 1 aliphatic heterocycles. The predicted octanol–water partition coefficient (Wildman–Crippen LogP) is -0.696. The zero-order valence-corrected chi connectivity index (χ0v) is 10.5. The van der Waals surface area contributed by atoms with Crippen molar-refractivity contribution in [3.8, 4) is 0 Å². The Labute approximate surface area is 109 Å². The SMILES string of the molecule is Cn1ncc2c(N)nc(CN3CCOCC3=O)nc21. The first-order valence-electron chi connectivity index (χ1n) is 5.95. The summed E-state index contributed by atoms with van der Waals surface area (Å²) in [6.07, 6.45) is 1.63. The lowest BCUT2D eigenvalue weighted by atomic mass is 10.3. The number of carbonyl (C=O) groups is 1. The average molecular weight is 262 g/mol. The summed E-state index contributed by atoms with van der Waals surface area (Å²) in [5.74, 6) is 0.844. The monoisotopic (exact) mass is 262 g/mol. The van der Waals surface area contributed by atoms with Gasteiger partial charge in [-0.3, -0.25) is 9.48 Å². The molecule has 0 bridgehead atoms. The lowest BCUT2D eigenvalue weighted by Crippen LogP contribution is -2.41. The smallest absolute Gasteiger partial charge is 0.249 e. The van der Waals surface area contributed by atoms with E-state index in [2.05, 4.69) is 15.1 Å². The van der Waals surface area contributed by atoms with E-state index in [1.165, 1.54) is 0 Å². The van der Waals surface area contributed by atoms with Gasteiger partial charge in [0.05, 0.1) is 24.7 Å². The molecular formula is C11H14N6O2. The minimum Gasteiger partial charge on any atom is -0.383 e. The molecule has 1 fully saturated rings. The number of hydrogen-bond donors (Lipinski definition) is 1. The Morgan fingerprint density at radius 3 is 3.11 bits per heavy atom. The van der Waals surface area contributed by atoms with Crippen molar-refractivity contribution in [1.29, 1.82) is 0 Å². The van der Waals surface area contributed by atoms with E-state index in [-0.39, 0.29) is 12.5 Å². The van der Waals surface area contributed by atoms with Crippen LogP contribution in [0.2, 0.25) is 0 Å². The van der Waals surface area contributed by atoms with Crippen molar-refractivity contribution in [3.63, 3.8) is 0 Å². The number of ether oxygens (including phenoxy) is 1. The van der Waals surface area contributed by atoms with Crippen LogP contribution in [0.4, 0.5) is 5.82 Å². The number of anilines is 1. The maximum Gasteiger partial charge on any atom is 0.249 e. The van der Waals surface area contributed by atoms with Crippen LogP contribution in [0.1, 0.15) is 5.82 Å². The lowest BCUT2D eigenvalue weighted by Gasteiger charge is -2.26. The molecule has 3 heterocycles.